The Morgan fingerprint density at radius 3 is 2.43 bits per heavy atom. The predicted octanol–water partition coefficient (Wildman–Crippen LogP) is 4.63. The quantitative estimate of drug-likeness (QED) is 0.790. The summed E-state index contributed by atoms with van der Waals surface area (Å²) in [5.41, 5.74) is 4.75. The summed E-state index contributed by atoms with van der Waals surface area (Å²) in [6, 6.07) is 15.9. The summed E-state index contributed by atoms with van der Waals surface area (Å²) in [6.07, 6.45) is 4.58. The van der Waals surface area contributed by atoms with Gasteiger partial charge in [0.15, 0.2) is 0 Å². The second-order valence-corrected chi connectivity index (χ2v) is 5.49. The molecular formula is C20H23NO2. The van der Waals surface area contributed by atoms with Gasteiger partial charge in [-0.3, -0.25) is 0 Å². The average Bonchev–Trinajstić information content (AvgIpc) is 2.56. The first-order valence-electron chi connectivity index (χ1n) is 7.84. The Hall–Kier alpha value is -2.55. The van der Waals surface area contributed by atoms with Gasteiger partial charge in [-0.25, -0.2) is 4.79 Å². The number of benzene rings is 2. The van der Waals surface area contributed by atoms with E-state index in [0.717, 1.165) is 12.0 Å². The van der Waals surface area contributed by atoms with E-state index in [0.29, 0.717) is 13.2 Å². The maximum Gasteiger partial charge on any atom is 0.407 e. The zero-order valence-corrected chi connectivity index (χ0v) is 13.7. The van der Waals surface area contributed by atoms with Gasteiger partial charge in [0.25, 0.3) is 0 Å². The van der Waals surface area contributed by atoms with Gasteiger partial charge in [0.05, 0.1) is 0 Å². The summed E-state index contributed by atoms with van der Waals surface area (Å²) in [5.74, 6) is 0. The molecule has 0 aliphatic carbocycles. The molecule has 0 saturated carbocycles. The molecule has 0 spiro atoms. The molecule has 0 heterocycles. The van der Waals surface area contributed by atoms with Gasteiger partial charge in [-0.05, 0) is 42.5 Å². The highest BCUT2D eigenvalue weighted by Crippen LogP contribution is 2.15. The molecule has 2 rings (SSSR count). The molecule has 0 radical (unpaired) electrons. The molecule has 0 fully saturated rings. The Bertz CT molecular complexity index is 642. The van der Waals surface area contributed by atoms with E-state index >= 15 is 0 Å². The van der Waals surface area contributed by atoms with Gasteiger partial charge in [0.1, 0.15) is 6.61 Å². The Morgan fingerprint density at radius 2 is 1.74 bits per heavy atom. The normalized spacial score (nSPS) is 10.7. The summed E-state index contributed by atoms with van der Waals surface area (Å²) in [7, 11) is 0. The number of carbonyl (C=O) groups is 1. The number of aryl methyl sites for hydroxylation is 2. The smallest absolute Gasteiger partial charge is 0.407 e. The van der Waals surface area contributed by atoms with Crippen LogP contribution in [0.15, 0.2) is 54.6 Å². The van der Waals surface area contributed by atoms with Gasteiger partial charge < -0.3 is 10.1 Å². The lowest BCUT2D eigenvalue weighted by Crippen LogP contribution is -2.24. The molecule has 1 N–H and O–H groups in total. The van der Waals surface area contributed by atoms with Crippen molar-refractivity contribution in [3.8, 4) is 0 Å². The first kappa shape index (κ1) is 16.8. The van der Waals surface area contributed by atoms with Crippen molar-refractivity contribution in [2.45, 2.75) is 26.9 Å². The monoisotopic (exact) mass is 309 g/mol. The van der Waals surface area contributed by atoms with Gasteiger partial charge in [-0.2, -0.15) is 0 Å². The highest BCUT2D eigenvalue weighted by molar-refractivity contribution is 5.67. The second kappa shape index (κ2) is 8.79. The Kier molecular flexibility index (Phi) is 6.42. The molecule has 2 aromatic rings. The third-order valence-electron chi connectivity index (χ3n) is 3.62. The second-order valence-electron chi connectivity index (χ2n) is 5.49. The van der Waals surface area contributed by atoms with Gasteiger partial charge in [-0.15, -0.1) is 0 Å². The maximum atomic E-state index is 11.6. The summed E-state index contributed by atoms with van der Waals surface area (Å²) < 4.78 is 5.16. The van der Waals surface area contributed by atoms with Crippen LogP contribution in [0.25, 0.3) is 6.08 Å². The number of alkyl carbamates (subject to hydrolysis) is 1. The van der Waals surface area contributed by atoms with Crippen LogP contribution in [-0.4, -0.2) is 12.6 Å². The van der Waals surface area contributed by atoms with Gasteiger partial charge >= 0.3 is 6.09 Å². The van der Waals surface area contributed by atoms with Crippen LogP contribution in [0.3, 0.4) is 0 Å². The van der Waals surface area contributed by atoms with Crippen LogP contribution in [-0.2, 0) is 11.3 Å². The third kappa shape index (κ3) is 5.62. The maximum absolute atomic E-state index is 11.6. The minimum absolute atomic E-state index is 0.297. The number of rotatable bonds is 6. The van der Waals surface area contributed by atoms with E-state index in [-0.39, 0.29) is 6.09 Å². The minimum Gasteiger partial charge on any atom is -0.445 e. The lowest BCUT2D eigenvalue weighted by molar-refractivity contribution is 0.140. The molecule has 2 aromatic carbocycles. The molecule has 0 bridgehead atoms. The summed E-state index contributed by atoms with van der Waals surface area (Å²) >= 11 is 0. The Labute approximate surface area is 138 Å². The van der Waals surface area contributed by atoms with Crippen LogP contribution in [0.1, 0.15) is 28.7 Å². The van der Waals surface area contributed by atoms with E-state index in [1.807, 2.05) is 30.3 Å². The lowest BCUT2D eigenvalue weighted by atomic mass is 10.0. The van der Waals surface area contributed by atoms with Crippen LogP contribution in [0.2, 0.25) is 0 Å². The molecule has 3 heteroatoms. The molecule has 3 nitrogen and oxygen atoms in total. The highest BCUT2D eigenvalue weighted by atomic mass is 16.5. The third-order valence-corrected chi connectivity index (χ3v) is 3.62. The highest BCUT2D eigenvalue weighted by Gasteiger charge is 2.01. The van der Waals surface area contributed by atoms with E-state index in [2.05, 4.69) is 49.5 Å². The molecule has 23 heavy (non-hydrogen) atoms. The van der Waals surface area contributed by atoms with E-state index in [9.17, 15) is 4.79 Å². The SMILES string of the molecule is Cc1cccc(C)c1C=CCCNC(=O)OCc1ccccc1. The molecule has 0 unspecified atom stereocenters. The van der Waals surface area contributed by atoms with Crippen molar-refractivity contribution in [2.75, 3.05) is 6.54 Å². The zero-order chi connectivity index (χ0) is 16.5. The minimum atomic E-state index is -0.380. The van der Waals surface area contributed by atoms with E-state index < -0.39 is 0 Å². The molecule has 0 aromatic heterocycles. The van der Waals surface area contributed by atoms with Crippen molar-refractivity contribution in [3.63, 3.8) is 0 Å². The number of amides is 1. The number of ether oxygens (including phenoxy) is 1. The van der Waals surface area contributed by atoms with Gasteiger partial charge in [-0.1, -0.05) is 60.7 Å². The fourth-order valence-electron chi connectivity index (χ4n) is 2.32. The van der Waals surface area contributed by atoms with Gasteiger partial charge in [0, 0.05) is 6.54 Å². The first-order valence-corrected chi connectivity index (χ1v) is 7.84. The number of nitrogens with one attached hydrogen (secondary N) is 1. The van der Waals surface area contributed by atoms with Crippen molar-refractivity contribution >= 4 is 12.2 Å². The zero-order valence-electron chi connectivity index (χ0n) is 13.7. The molecule has 0 saturated heterocycles. The van der Waals surface area contributed by atoms with Crippen LogP contribution in [0.4, 0.5) is 4.79 Å². The van der Waals surface area contributed by atoms with Crippen molar-refractivity contribution in [2.24, 2.45) is 0 Å². The number of hydrogen-bond donors (Lipinski definition) is 1. The largest absolute Gasteiger partial charge is 0.445 e. The lowest BCUT2D eigenvalue weighted by Gasteiger charge is -2.06. The summed E-state index contributed by atoms with van der Waals surface area (Å²) in [5, 5.41) is 2.76. The first-order chi connectivity index (χ1) is 11.2. The fourth-order valence-corrected chi connectivity index (χ4v) is 2.32. The van der Waals surface area contributed by atoms with Crippen LogP contribution in [0, 0.1) is 13.8 Å². The van der Waals surface area contributed by atoms with E-state index in [1.165, 1.54) is 16.7 Å². The molecule has 0 aliphatic rings. The average molecular weight is 309 g/mol. The van der Waals surface area contributed by atoms with E-state index in [1.54, 1.807) is 0 Å². The van der Waals surface area contributed by atoms with Crippen molar-refractivity contribution in [1.82, 2.24) is 5.32 Å². The van der Waals surface area contributed by atoms with Gasteiger partial charge in [0.2, 0.25) is 0 Å². The van der Waals surface area contributed by atoms with Crippen molar-refractivity contribution in [3.05, 3.63) is 76.9 Å². The fraction of sp³-hybridized carbons (Fsp3) is 0.250. The molecular weight excluding hydrogens is 286 g/mol. The summed E-state index contributed by atoms with van der Waals surface area (Å²) in [6.45, 7) is 5.07. The molecule has 1 amide bonds. The van der Waals surface area contributed by atoms with E-state index in [4.69, 9.17) is 4.74 Å². The summed E-state index contributed by atoms with van der Waals surface area (Å²) in [4.78, 5) is 11.6. The number of hydrogen-bond acceptors (Lipinski definition) is 2. The standard InChI is InChI=1S/C20H23NO2/c1-16-9-8-10-17(2)19(16)13-6-7-14-21-20(22)23-15-18-11-4-3-5-12-18/h3-6,8-13H,7,14-15H2,1-2H3,(H,21,22). The molecule has 0 atom stereocenters. The van der Waals surface area contributed by atoms with Crippen molar-refractivity contribution < 1.29 is 9.53 Å². The van der Waals surface area contributed by atoms with Crippen LogP contribution < -0.4 is 5.32 Å². The molecule has 120 valence electrons. The Balaban J connectivity index is 1.69. The number of carbonyl (C=O) groups excluding carboxylic acids is 1. The van der Waals surface area contributed by atoms with Crippen LogP contribution in [0.5, 0.6) is 0 Å². The Morgan fingerprint density at radius 1 is 1.04 bits per heavy atom. The topological polar surface area (TPSA) is 38.3 Å². The van der Waals surface area contributed by atoms with Crippen LogP contribution >= 0.6 is 0 Å². The molecule has 0 aliphatic heterocycles. The van der Waals surface area contributed by atoms with Crippen molar-refractivity contribution in [1.29, 1.82) is 0 Å². The predicted molar refractivity (Wildman–Crippen MR) is 94.2 cm³/mol.